The molecule has 2 unspecified atom stereocenters. The highest BCUT2D eigenvalue weighted by Crippen LogP contribution is 2.31. The van der Waals surface area contributed by atoms with Crippen LogP contribution >= 0.6 is 11.6 Å². The predicted octanol–water partition coefficient (Wildman–Crippen LogP) is 3.76. The fourth-order valence-electron chi connectivity index (χ4n) is 5.29. The zero-order valence-electron chi connectivity index (χ0n) is 19.7. The van der Waals surface area contributed by atoms with Gasteiger partial charge in [0, 0.05) is 30.7 Å². The first-order chi connectivity index (χ1) is 16.6. The fourth-order valence-corrected chi connectivity index (χ4v) is 5.42. The van der Waals surface area contributed by atoms with Crippen LogP contribution in [0.2, 0.25) is 5.02 Å². The molecule has 0 saturated carbocycles. The molecule has 34 heavy (non-hydrogen) atoms. The van der Waals surface area contributed by atoms with Crippen molar-refractivity contribution in [3.05, 3.63) is 58.6 Å². The Morgan fingerprint density at radius 2 is 1.71 bits per heavy atom. The highest BCUT2D eigenvalue weighted by atomic mass is 35.5. The van der Waals surface area contributed by atoms with Gasteiger partial charge in [0.25, 0.3) is 0 Å². The van der Waals surface area contributed by atoms with E-state index in [2.05, 4.69) is 39.4 Å². The van der Waals surface area contributed by atoms with Gasteiger partial charge in [0.1, 0.15) is 13.2 Å². The molecule has 0 radical (unpaired) electrons. The van der Waals surface area contributed by atoms with Crippen molar-refractivity contribution in [2.24, 2.45) is 5.92 Å². The maximum Gasteiger partial charge on any atom is 0.224 e. The molecule has 2 atom stereocenters. The lowest BCUT2D eigenvalue weighted by atomic mass is 10.0. The van der Waals surface area contributed by atoms with Gasteiger partial charge >= 0.3 is 0 Å². The third-order valence-corrected chi connectivity index (χ3v) is 7.33. The molecule has 0 aromatic heterocycles. The van der Waals surface area contributed by atoms with Crippen LogP contribution in [0, 0.1) is 5.92 Å². The van der Waals surface area contributed by atoms with Gasteiger partial charge in [-0.2, -0.15) is 0 Å². The molecule has 1 N–H and O–H groups in total. The van der Waals surface area contributed by atoms with Crippen LogP contribution in [-0.2, 0) is 17.8 Å². The van der Waals surface area contributed by atoms with Gasteiger partial charge in [-0.05, 0) is 80.7 Å². The van der Waals surface area contributed by atoms with E-state index >= 15 is 0 Å². The first-order valence-corrected chi connectivity index (χ1v) is 12.9. The number of nitrogens with one attached hydrogen (secondary N) is 1. The summed E-state index contributed by atoms with van der Waals surface area (Å²) >= 11 is 6.01. The number of ether oxygens (including phenoxy) is 2. The molecule has 3 heterocycles. The van der Waals surface area contributed by atoms with Gasteiger partial charge < -0.3 is 19.7 Å². The number of halogens is 1. The van der Waals surface area contributed by atoms with Gasteiger partial charge in [-0.1, -0.05) is 29.8 Å². The third-order valence-electron chi connectivity index (χ3n) is 7.07. The highest BCUT2D eigenvalue weighted by molar-refractivity contribution is 6.30. The van der Waals surface area contributed by atoms with Crippen molar-refractivity contribution in [2.75, 3.05) is 45.9 Å². The van der Waals surface area contributed by atoms with Crippen LogP contribution in [0.4, 0.5) is 0 Å². The molecule has 3 aliphatic heterocycles. The Kier molecular flexibility index (Phi) is 7.57. The van der Waals surface area contributed by atoms with Crippen LogP contribution in [0.5, 0.6) is 11.5 Å². The van der Waals surface area contributed by atoms with E-state index < -0.39 is 0 Å². The summed E-state index contributed by atoms with van der Waals surface area (Å²) < 4.78 is 11.4. The molecule has 0 bridgehead atoms. The second-order valence-electron chi connectivity index (χ2n) is 9.74. The smallest absolute Gasteiger partial charge is 0.224 e. The predicted molar refractivity (Wildman–Crippen MR) is 134 cm³/mol. The maximum absolute atomic E-state index is 13.3. The van der Waals surface area contributed by atoms with Crippen molar-refractivity contribution in [1.82, 2.24) is 15.1 Å². The number of carbonyl (C=O) groups excluding carboxylic acids is 1. The van der Waals surface area contributed by atoms with E-state index in [0.717, 1.165) is 68.6 Å². The number of nitrogens with zero attached hydrogens (tertiary/aromatic N) is 2. The van der Waals surface area contributed by atoms with E-state index in [-0.39, 0.29) is 17.9 Å². The fraction of sp³-hybridized carbons (Fsp3) is 0.519. The van der Waals surface area contributed by atoms with Gasteiger partial charge in [0.2, 0.25) is 5.91 Å². The lowest BCUT2D eigenvalue weighted by Crippen LogP contribution is -2.46. The molecule has 2 aromatic carbocycles. The first kappa shape index (κ1) is 23.5. The maximum atomic E-state index is 13.3. The molecule has 2 fully saturated rings. The molecule has 0 aliphatic carbocycles. The number of hydrogen-bond donors (Lipinski definition) is 1. The van der Waals surface area contributed by atoms with Crippen molar-refractivity contribution in [1.29, 1.82) is 0 Å². The van der Waals surface area contributed by atoms with Gasteiger partial charge in [0.15, 0.2) is 11.5 Å². The zero-order chi connectivity index (χ0) is 23.3. The highest BCUT2D eigenvalue weighted by Gasteiger charge is 2.30. The second-order valence-corrected chi connectivity index (χ2v) is 10.2. The van der Waals surface area contributed by atoms with Gasteiger partial charge in [-0.25, -0.2) is 0 Å². The average molecular weight is 484 g/mol. The number of benzene rings is 2. The minimum absolute atomic E-state index is 0.0358. The van der Waals surface area contributed by atoms with Crippen LogP contribution in [-0.4, -0.2) is 67.7 Å². The van der Waals surface area contributed by atoms with Gasteiger partial charge in [-0.3, -0.25) is 9.69 Å². The minimum Gasteiger partial charge on any atom is -0.486 e. The summed E-state index contributed by atoms with van der Waals surface area (Å²) in [6.45, 7) is 6.90. The zero-order valence-corrected chi connectivity index (χ0v) is 20.4. The van der Waals surface area contributed by atoms with Crippen LogP contribution < -0.4 is 14.8 Å². The summed E-state index contributed by atoms with van der Waals surface area (Å²) in [5.41, 5.74) is 2.40. The number of carbonyl (C=O) groups is 1. The summed E-state index contributed by atoms with van der Waals surface area (Å²) in [4.78, 5) is 18.1. The van der Waals surface area contributed by atoms with Crippen molar-refractivity contribution >= 4 is 17.5 Å². The molecule has 2 aromatic rings. The summed E-state index contributed by atoms with van der Waals surface area (Å²) in [7, 11) is 0. The summed E-state index contributed by atoms with van der Waals surface area (Å²) in [6, 6.07) is 14.2. The van der Waals surface area contributed by atoms with E-state index in [1.54, 1.807) is 0 Å². The molecular formula is C27H34ClN3O3. The summed E-state index contributed by atoms with van der Waals surface area (Å²) in [6.07, 6.45) is 4.18. The van der Waals surface area contributed by atoms with Crippen molar-refractivity contribution in [2.45, 2.75) is 38.3 Å². The lowest BCUT2D eigenvalue weighted by Gasteiger charge is -2.26. The monoisotopic (exact) mass is 483 g/mol. The van der Waals surface area contributed by atoms with Crippen molar-refractivity contribution in [3.63, 3.8) is 0 Å². The topological polar surface area (TPSA) is 54.0 Å². The molecule has 7 heteroatoms. The number of amides is 1. The minimum atomic E-state index is 0.0358. The Morgan fingerprint density at radius 3 is 2.50 bits per heavy atom. The van der Waals surface area contributed by atoms with Crippen LogP contribution in [0.1, 0.15) is 30.4 Å². The molecule has 0 spiro atoms. The Bertz CT molecular complexity index is 978. The Morgan fingerprint density at radius 1 is 0.971 bits per heavy atom. The largest absolute Gasteiger partial charge is 0.486 e. The van der Waals surface area contributed by atoms with E-state index in [1.165, 1.54) is 24.0 Å². The van der Waals surface area contributed by atoms with E-state index in [0.29, 0.717) is 13.2 Å². The molecule has 1 amide bonds. The van der Waals surface area contributed by atoms with Crippen molar-refractivity contribution < 1.29 is 14.3 Å². The second kappa shape index (κ2) is 11.0. The number of rotatable bonds is 8. The standard InChI is InChI=1S/C27H34ClN3O3/c28-23-6-3-20(4-7-23)17-31-12-9-22(18-31)27(32)29-24(19-30-10-1-2-11-30)15-21-5-8-25-26(16-21)34-14-13-33-25/h3-8,16,22,24H,1-2,9-15,17-19H2,(H,29,32). The SMILES string of the molecule is O=C(NC(Cc1ccc2c(c1)OCCO2)CN1CCCC1)C1CCN(Cc2ccc(Cl)cc2)C1. The molecule has 3 aliphatic rings. The average Bonchev–Trinajstić information content (AvgIpc) is 3.53. The Hall–Kier alpha value is -2.28. The number of hydrogen-bond acceptors (Lipinski definition) is 5. The van der Waals surface area contributed by atoms with Crippen LogP contribution in [0.25, 0.3) is 0 Å². The number of fused-ring (bicyclic) bond motifs is 1. The van der Waals surface area contributed by atoms with Gasteiger partial charge in [0.05, 0.1) is 5.92 Å². The summed E-state index contributed by atoms with van der Waals surface area (Å²) in [5.74, 6) is 1.83. The van der Waals surface area contributed by atoms with Gasteiger partial charge in [-0.15, -0.1) is 0 Å². The van der Waals surface area contributed by atoms with E-state index in [4.69, 9.17) is 21.1 Å². The first-order valence-electron chi connectivity index (χ1n) is 12.5. The molecule has 182 valence electrons. The Balaban J connectivity index is 1.20. The van der Waals surface area contributed by atoms with E-state index in [1.807, 2.05) is 18.2 Å². The quantitative estimate of drug-likeness (QED) is 0.619. The Labute approximate surface area is 207 Å². The number of likely N-dealkylation sites (tertiary alicyclic amines) is 2. The molecular weight excluding hydrogens is 450 g/mol. The normalized spacial score (nSPS) is 21.5. The summed E-state index contributed by atoms with van der Waals surface area (Å²) in [5, 5.41) is 4.16. The molecule has 6 nitrogen and oxygen atoms in total. The van der Waals surface area contributed by atoms with Crippen molar-refractivity contribution in [3.8, 4) is 11.5 Å². The lowest BCUT2D eigenvalue weighted by molar-refractivity contribution is -0.125. The molecule has 5 rings (SSSR count). The molecule has 2 saturated heterocycles. The van der Waals surface area contributed by atoms with Crippen LogP contribution in [0.3, 0.4) is 0 Å². The van der Waals surface area contributed by atoms with E-state index in [9.17, 15) is 4.79 Å². The third kappa shape index (κ3) is 6.04. The van der Waals surface area contributed by atoms with Crippen LogP contribution in [0.15, 0.2) is 42.5 Å².